The van der Waals surface area contributed by atoms with Gasteiger partial charge >= 0.3 is 0 Å². The summed E-state index contributed by atoms with van der Waals surface area (Å²) in [5, 5.41) is 3.46. The molecule has 1 atom stereocenters. The van der Waals surface area contributed by atoms with Gasteiger partial charge in [0.15, 0.2) is 0 Å². The summed E-state index contributed by atoms with van der Waals surface area (Å²) < 4.78 is 0. The largest absolute Gasteiger partial charge is 0.317 e. The van der Waals surface area contributed by atoms with Crippen molar-refractivity contribution >= 4 is 0 Å². The molecule has 0 radical (unpaired) electrons. The van der Waals surface area contributed by atoms with Crippen molar-refractivity contribution in [3.8, 4) is 12.3 Å². The number of unbranched alkanes of at least 4 members (excludes halogenated alkanes) is 1. The standard InChI is InChI=1S/C13H23N/c1-3-4-6-11-13(14-2)12-9-7-5-8-10-12/h1,12-14H,4-11H2,2H3. The van der Waals surface area contributed by atoms with Crippen LogP contribution in [0.25, 0.3) is 0 Å². The van der Waals surface area contributed by atoms with Crippen molar-refractivity contribution in [1.82, 2.24) is 5.32 Å². The molecular formula is C13H23N. The molecule has 0 bridgehead atoms. The van der Waals surface area contributed by atoms with Gasteiger partial charge in [-0.2, -0.15) is 0 Å². The Morgan fingerprint density at radius 1 is 1.36 bits per heavy atom. The van der Waals surface area contributed by atoms with Gasteiger partial charge in [-0.25, -0.2) is 0 Å². The van der Waals surface area contributed by atoms with Crippen LogP contribution in [0.2, 0.25) is 0 Å². The second kappa shape index (κ2) is 6.90. The van der Waals surface area contributed by atoms with Crippen LogP contribution in [0.1, 0.15) is 51.4 Å². The summed E-state index contributed by atoms with van der Waals surface area (Å²) in [5.41, 5.74) is 0. The number of rotatable bonds is 5. The van der Waals surface area contributed by atoms with Gasteiger partial charge in [-0.3, -0.25) is 0 Å². The summed E-state index contributed by atoms with van der Waals surface area (Å²) in [6.07, 6.45) is 15.8. The summed E-state index contributed by atoms with van der Waals surface area (Å²) in [6.45, 7) is 0. The van der Waals surface area contributed by atoms with Gasteiger partial charge in [0.1, 0.15) is 0 Å². The zero-order valence-corrected chi connectivity index (χ0v) is 9.39. The lowest BCUT2D eigenvalue weighted by Crippen LogP contribution is -2.34. The molecule has 1 saturated carbocycles. The summed E-state index contributed by atoms with van der Waals surface area (Å²) in [6, 6.07) is 0.712. The maximum absolute atomic E-state index is 5.26. The Labute approximate surface area is 88.7 Å². The van der Waals surface area contributed by atoms with Gasteiger partial charge in [0, 0.05) is 12.5 Å². The third-order valence-electron chi connectivity index (χ3n) is 3.43. The van der Waals surface area contributed by atoms with E-state index in [0.717, 1.165) is 12.3 Å². The molecule has 1 rings (SSSR count). The lowest BCUT2D eigenvalue weighted by atomic mass is 9.82. The van der Waals surface area contributed by atoms with E-state index in [9.17, 15) is 0 Å². The van der Waals surface area contributed by atoms with Gasteiger partial charge in [0.05, 0.1) is 0 Å². The van der Waals surface area contributed by atoms with E-state index >= 15 is 0 Å². The third-order valence-corrected chi connectivity index (χ3v) is 3.43. The average Bonchev–Trinajstić information content (AvgIpc) is 2.26. The summed E-state index contributed by atoms with van der Waals surface area (Å²) in [5.74, 6) is 3.63. The molecule has 0 aromatic rings. The molecule has 0 amide bonds. The van der Waals surface area contributed by atoms with Crippen LogP contribution in [0, 0.1) is 18.3 Å². The second-order valence-corrected chi connectivity index (χ2v) is 4.39. The summed E-state index contributed by atoms with van der Waals surface area (Å²) in [4.78, 5) is 0. The second-order valence-electron chi connectivity index (χ2n) is 4.39. The fourth-order valence-corrected chi connectivity index (χ4v) is 2.58. The highest BCUT2D eigenvalue weighted by Crippen LogP contribution is 2.28. The average molecular weight is 193 g/mol. The Balaban J connectivity index is 2.25. The zero-order chi connectivity index (χ0) is 10.2. The quantitative estimate of drug-likeness (QED) is 0.523. The van der Waals surface area contributed by atoms with E-state index in [1.165, 1.54) is 44.9 Å². The topological polar surface area (TPSA) is 12.0 Å². The first-order valence-electron chi connectivity index (χ1n) is 5.99. The Kier molecular flexibility index (Phi) is 5.71. The first kappa shape index (κ1) is 11.6. The Morgan fingerprint density at radius 3 is 2.64 bits per heavy atom. The smallest absolute Gasteiger partial charge is 0.00926 e. The molecule has 1 unspecified atom stereocenters. The molecule has 0 saturated heterocycles. The first-order valence-corrected chi connectivity index (χ1v) is 5.99. The van der Waals surface area contributed by atoms with Crippen LogP contribution in [0.4, 0.5) is 0 Å². The van der Waals surface area contributed by atoms with Gasteiger partial charge in [-0.1, -0.05) is 19.3 Å². The van der Waals surface area contributed by atoms with Crippen molar-refractivity contribution in [2.24, 2.45) is 5.92 Å². The van der Waals surface area contributed by atoms with Crippen LogP contribution in [0.5, 0.6) is 0 Å². The number of hydrogen-bond donors (Lipinski definition) is 1. The highest BCUT2D eigenvalue weighted by Gasteiger charge is 2.21. The maximum Gasteiger partial charge on any atom is 0.00926 e. The van der Waals surface area contributed by atoms with Gasteiger partial charge in [0.25, 0.3) is 0 Å². The van der Waals surface area contributed by atoms with Crippen LogP contribution < -0.4 is 5.32 Å². The zero-order valence-electron chi connectivity index (χ0n) is 9.39. The fourth-order valence-electron chi connectivity index (χ4n) is 2.58. The van der Waals surface area contributed by atoms with E-state index in [1.807, 2.05) is 0 Å². The minimum absolute atomic E-state index is 0.712. The molecule has 0 aromatic carbocycles. The van der Waals surface area contributed by atoms with E-state index in [4.69, 9.17) is 6.42 Å². The fraction of sp³-hybridized carbons (Fsp3) is 0.846. The van der Waals surface area contributed by atoms with Crippen molar-refractivity contribution < 1.29 is 0 Å². The Bertz CT molecular complexity index is 174. The predicted molar refractivity (Wildman–Crippen MR) is 62.1 cm³/mol. The van der Waals surface area contributed by atoms with E-state index in [0.29, 0.717) is 6.04 Å². The normalized spacial score (nSPS) is 20.3. The lowest BCUT2D eigenvalue weighted by Gasteiger charge is -2.30. The predicted octanol–water partition coefficient (Wildman–Crippen LogP) is 2.96. The molecule has 1 nitrogen and oxygen atoms in total. The molecule has 0 aromatic heterocycles. The van der Waals surface area contributed by atoms with E-state index in [2.05, 4.69) is 18.3 Å². The highest BCUT2D eigenvalue weighted by atomic mass is 14.9. The molecule has 1 aliphatic rings. The molecular weight excluding hydrogens is 170 g/mol. The van der Waals surface area contributed by atoms with Crippen LogP contribution in [0.15, 0.2) is 0 Å². The van der Waals surface area contributed by atoms with Gasteiger partial charge in [0.2, 0.25) is 0 Å². The minimum Gasteiger partial charge on any atom is -0.317 e. The summed E-state index contributed by atoms with van der Waals surface area (Å²) >= 11 is 0. The van der Waals surface area contributed by atoms with Gasteiger partial charge < -0.3 is 5.32 Å². The maximum atomic E-state index is 5.26. The van der Waals surface area contributed by atoms with E-state index in [1.54, 1.807) is 0 Å². The molecule has 1 aliphatic carbocycles. The molecule has 14 heavy (non-hydrogen) atoms. The van der Waals surface area contributed by atoms with Crippen molar-refractivity contribution in [3.63, 3.8) is 0 Å². The summed E-state index contributed by atoms with van der Waals surface area (Å²) in [7, 11) is 2.09. The molecule has 0 heterocycles. The van der Waals surface area contributed by atoms with Gasteiger partial charge in [-0.05, 0) is 38.6 Å². The van der Waals surface area contributed by atoms with E-state index < -0.39 is 0 Å². The number of hydrogen-bond acceptors (Lipinski definition) is 1. The first-order chi connectivity index (χ1) is 6.88. The molecule has 1 heteroatoms. The molecule has 1 N–H and O–H groups in total. The van der Waals surface area contributed by atoms with Crippen LogP contribution >= 0.6 is 0 Å². The SMILES string of the molecule is C#CCCCC(NC)C1CCCCC1. The number of terminal acetylenes is 1. The van der Waals surface area contributed by atoms with Crippen molar-refractivity contribution in [3.05, 3.63) is 0 Å². The minimum atomic E-state index is 0.712. The monoisotopic (exact) mass is 193 g/mol. The van der Waals surface area contributed by atoms with Gasteiger partial charge in [-0.15, -0.1) is 12.3 Å². The highest BCUT2D eigenvalue weighted by molar-refractivity contribution is 4.85. The third kappa shape index (κ3) is 3.72. The van der Waals surface area contributed by atoms with Crippen LogP contribution in [-0.2, 0) is 0 Å². The molecule has 80 valence electrons. The molecule has 0 aliphatic heterocycles. The molecule has 1 fully saturated rings. The molecule has 0 spiro atoms. The van der Waals surface area contributed by atoms with Crippen LogP contribution in [-0.4, -0.2) is 13.1 Å². The lowest BCUT2D eigenvalue weighted by molar-refractivity contribution is 0.265. The number of nitrogens with one attached hydrogen (secondary N) is 1. The van der Waals surface area contributed by atoms with E-state index in [-0.39, 0.29) is 0 Å². The van der Waals surface area contributed by atoms with Crippen molar-refractivity contribution in [1.29, 1.82) is 0 Å². The Morgan fingerprint density at radius 2 is 2.07 bits per heavy atom. The Hall–Kier alpha value is -0.480. The van der Waals surface area contributed by atoms with Crippen molar-refractivity contribution in [2.45, 2.75) is 57.4 Å². The van der Waals surface area contributed by atoms with Crippen LogP contribution in [0.3, 0.4) is 0 Å². The van der Waals surface area contributed by atoms with Crippen molar-refractivity contribution in [2.75, 3.05) is 7.05 Å².